The van der Waals surface area contributed by atoms with E-state index in [1.165, 1.54) is 17.4 Å². The molecule has 0 radical (unpaired) electrons. The number of hydrogen-bond acceptors (Lipinski definition) is 2. The van der Waals surface area contributed by atoms with Crippen LogP contribution in [0.1, 0.15) is 15.8 Å². The lowest BCUT2D eigenvalue weighted by molar-refractivity contribution is 0.416. The molecule has 0 aliphatic heterocycles. The largest absolute Gasteiger partial charge is 0.496 e. The monoisotopic (exact) mass is 304 g/mol. The summed E-state index contributed by atoms with van der Waals surface area (Å²) in [5.41, 5.74) is 0.450. The van der Waals surface area contributed by atoms with Crippen LogP contribution in [-0.2, 0) is 6.42 Å². The number of alkyl halides is 1. The average molecular weight is 305 g/mol. The molecule has 1 aromatic carbocycles. The topological polar surface area (TPSA) is 9.23 Å². The van der Waals surface area contributed by atoms with Crippen LogP contribution in [0.2, 0.25) is 5.02 Å². The third kappa shape index (κ3) is 2.97. The molecule has 1 heterocycles. The van der Waals surface area contributed by atoms with Crippen molar-refractivity contribution in [1.29, 1.82) is 0 Å². The first kappa shape index (κ1) is 13.7. The van der Waals surface area contributed by atoms with E-state index in [0.29, 0.717) is 17.0 Å². The van der Waals surface area contributed by atoms with E-state index in [4.69, 9.17) is 27.9 Å². The van der Waals surface area contributed by atoms with Gasteiger partial charge in [0, 0.05) is 20.8 Å². The lowest BCUT2D eigenvalue weighted by Gasteiger charge is -2.09. The lowest BCUT2D eigenvalue weighted by Crippen LogP contribution is -1.98. The Balaban J connectivity index is 2.18. The first-order valence-electron chi connectivity index (χ1n) is 5.31. The highest BCUT2D eigenvalue weighted by molar-refractivity contribution is 7.10. The first-order chi connectivity index (χ1) is 8.61. The van der Waals surface area contributed by atoms with Crippen LogP contribution in [0.4, 0.5) is 4.39 Å². The molecule has 1 unspecified atom stereocenters. The van der Waals surface area contributed by atoms with Crippen molar-refractivity contribution in [2.45, 2.75) is 11.8 Å². The van der Waals surface area contributed by atoms with E-state index >= 15 is 0 Å². The summed E-state index contributed by atoms with van der Waals surface area (Å²) in [5.74, 6) is 0.442. The van der Waals surface area contributed by atoms with Gasteiger partial charge in [-0.15, -0.1) is 22.9 Å². The summed E-state index contributed by atoms with van der Waals surface area (Å²) < 4.78 is 18.7. The van der Waals surface area contributed by atoms with Crippen molar-refractivity contribution in [3.63, 3.8) is 0 Å². The van der Waals surface area contributed by atoms with E-state index < -0.39 is 0 Å². The van der Waals surface area contributed by atoms with Crippen LogP contribution in [-0.4, -0.2) is 7.11 Å². The van der Waals surface area contributed by atoms with Crippen LogP contribution in [0, 0.1) is 5.82 Å². The molecule has 0 saturated carbocycles. The zero-order chi connectivity index (χ0) is 13.1. The summed E-state index contributed by atoms with van der Waals surface area (Å²) in [7, 11) is 1.60. The molecule has 0 amide bonds. The fraction of sp³-hybridized carbons (Fsp3) is 0.231. The maximum Gasteiger partial charge on any atom is 0.129 e. The summed E-state index contributed by atoms with van der Waals surface area (Å²) in [6.45, 7) is 0. The van der Waals surface area contributed by atoms with Gasteiger partial charge in [0.2, 0.25) is 0 Å². The Labute approximate surface area is 119 Å². The maximum absolute atomic E-state index is 13.6. The molecule has 1 nitrogen and oxygen atoms in total. The number of halogens is 3. The van der Waals surface area contributed by atoms with Crippen molar-refractivity contribution in [3.8, 4) is 5.75 Å². The third-order valence-corrected chi connectivity index (χ3v) is 4.48. The van der Waals surface area contributed by atoms with E-state index in [-0.39, 0.29) is 11.2 Å². The van der Waals surface area contributed by atoms with Crippen LogP contribution in [0.15, 0.2) is 29.6 Å². The van der Waals surface area contributed by atoms with Gasteiger partial charge in [0.05, 0.1) is 12.5 Å². The summed E-state index contributed by atoms with van der Waals surface area (Å²) in [5, 5.41) is 1.96. The third-order valence-electron chi connectivity index (χ3n) is 2.59. The molecule has 1 aromatic heterocycles. The fourth-order valence-electron chi connectivity index (χ4n) is 1.61. The number of ether oxygens (including phenoxy) is 1. The van der Waals surface area contributed by atoms with Gasteiger partial charge in [-0.3, -0.25) is 0 Å². The van der Waals surface area contributed by atoms with E-state index in [2.05, 4.69) is 0 Å². The fourth-order valence-corrected chi connectivity index (χ4v) is 3.06. The number of benzene rings is 1. The van der Waals surface area contributed by atoms with Crippen LogP contribution in [0.5, 0.6) is 5.75 Å². The summed E-state index contributed by atoms with van der Waals surface area (Å²) in [4.78, 5) is 0.938. The van der Waals surface area contributed by atoms with Crippen LogP contribution in [0.3, 0.4) is 0 Å². The Morgan fingerprint density at radius 1 is 1.44 bits per heavy atom. The van der Waals surface area contributed by atoms with Gasteiger partial charge in [-0.2, -0.15) is 0 Å². The quantitative estimate of drug-likeness (QED) is 0.716. The van der Waals surface area contributed by atoms with E-state index in [9.17, 15) is 4.39 Å². The highest BCUT2D eigenvalue weighted by Crippen LogP contribution is 2.35. The lowest BCUT2D eigenvalue weighted by atomic mass is 10.1. The standard InChI is InChI=1S/C13H11Cl2FOS/c1-17-8-5-13(18-7-8)11(15)6-9-10(14)3-2-4-12(9)16/h2-5,7,11H,6H2,1H3. The number of rotatable bonds is 4. The molecule has 2 aromatic rings. The zero-order valence-electron chi connectivity index (χ0n) is 9.62. The van der Waals surface area contributed by atoms with Gasteiger partial charge in [0.15, 0.2) is 0 Å². The molecule has 2 rings (SSSR count). The van der Waals surface area contributed by atoms with Crippen molar-refractivity contribution in [3.05, 3.63) is 50.9 Å². The molecular formula is C13H11Cl2FOS. The highest BCUT2D eigenvalue weighted by atomic mass is 35.5. The Morgan fingerprint density at radius 2 is 2.22 bits per heavy atom. The predicted octanol–water partition coefficient (Wildman–Crippen LogP) is 5.07. The number of thiophene rings is 1. The smallest absolute Gasteiger partial charge is 0.129 e. The maximum atomic E-state index is 13.6. The summed E-state index contributed by atoms with van der Waals surface area (Å²) in [6, 6.07) is 6.49. The molecule has 1 atom stereocenters. The number of methoxy groups -OCH3 is 1. The van der Waals surface area contributed by atoms with Crippen molar-refractivity contribution in [1.82, 2.24) is 0 Å². The molecule has 0 fully saturated rings. The van der Waals surface area contributed by atoms with Gasteiger partial charge in [0.1, 0.15) is 11.6 Å². The normalized spacial score (nSPS) is 12.4. The second kappa shape index (κ2) is 5.91. The minimum atomic E-state index is -0.323. The van der Waals surface area contributed by atoms with Gasteiger partial charge in [0.25, 0.3) is 0 Å². The summed E-state index contributed by atoms with van der Waals surface area (Å²) >= 11 is 13.7. The molecule has 0 aliphatic carbocycles. The second-order valence-electron chi connectivity index (χ2n) is 3.76. The molecular weight excluding hydrogens is 294 g/mol. The molecule has 0 aliphatic rings. The molecule has 5 heteroatoms. The van der Waals surface area contributed by atoms with Crippen molar-refractivity contribution >= 4 is 34.5 Å². The van der Waals surface area contributed by atoms with E-state index in [1.807, 2.05) is 11.4 Å². The molecule has 0 saturated heterocycles. The predicted molar refractivity (Wildman–Crippen MR) is 74.6 cm³/mol. The first-order valence-corrected chi connectivity index (χ1v) is 7.00. The second-order valence-corrected chi connectivity index (χ2v) is 5.64. The Kier molecular flexibility index (Phi) is 4.49. The number of hydrogen-bond donors (Lipinski definition) is 0. The highest BCUT2D eigenvalue weighted by Gasteiger charge is 2.16. The molecule has 0 N–H and O–H groups in total. The Bertz CT molecular complexity index is 521. The van der Waals surface area contributed by atoms with Gasteiger partial charge in [-0.05, 0) is 24.6 Å². The van der Waals surface area contributed by atoms with Crippen LogP contribution in [0.25, 0.3) is 0 Å². The van der Waals surface area contributed by atoms with Crippen LogP contribution < -0.4 is 4.74 Å². The van der Waals surface area contributed by atoms with Crippen molar-refractivity contribution < 1.29 is 9.13 Å². The van der Waals surface area contributed by atoms with Gasteiger partial charge in [-0.1, -0.05) is 17.7 Å². The van der Waals surface area contributed by atoms with Crippen molar-refractivity contribution in [2.75, 3.05) is 7.11 Å². The molecule has 0 bridgehead atoms. The SMILES string of the molecule is COc1csc(C(Cl)Cc2c(F)cccc2Cl)c1. The Morgan fingerprint density at radius 3 is 2.83 bits per heavy atom. The van der Waals surface area contributed by atoms with Gasteiger partial charge < -0.3 is 4.74 Å². The minimum absolute atomic E-state index is 0.312. The van der Waals surface area contributed by atoms with E-state index in [1.54, 1.807) is 19.2 Å². The molecule has 0 spiro atoms. The summed E-state index contributed by atoms with van der Waals surface area (Å²) in [6.07, 6.45) is 0.358. The van der Waals surface area contributed by atoms with E-state index in [0.717, 1.165) is 10.6 Å². The molecule has 18 heavy (non-hydrogen) atoms. The van der Waals surface area contributed by atoms with Gasteiger partial charge in [-0.25, -0.2) is 4.39 Å². The Hall–Kier alpha value is -0.770. The zero-order valence-corrected chi connectivity index (χ0v) is 11.9. The van der Waals surface area contributed by atoms with Gasteiger partial charge >= 0.3 is 0 Å². The average Bonchev–Trinajstić information content (AvgIpc) is 2.82. The molecule has 96 valence electrons. The van der Waals surface area contributed by atoms with Crippen LogP contribution >= 0.6 is 34.5 Å². The van der Waals surface area contributed by atoms with Crippen molar-refractivity contribution in [2.24, 2.45) is 0 Å². The minimum Gasteiger partial charge on any atom is -0.496 e.